The lowest BCUT2D eigenvalue weighted by molar-refractivity contribution is 0.0790. The number of amides is 1. The summed E-state index contributed by atoms with van der Waals surface area (Å²) >= 11 is 0. The lowest BCUT2D eigenvalue weighted by Gasteiger charge is -2.14. The van der Waals surface area contributed by atoms with Crippen molar-refractivity contribution in [1.29, 1.82) is 0 Å². The van der Waals surface area contributed by atoms with E-state index in [9.17, 15) is 4.79 Å². The van der Waals surface area contributed by atoms with Crippen LogP contribution in [0.3, 0.4) is 0 Å². The monoisotopic (exact) mass is 259 g/mol. The van der Waals surface area contributed by atoms with Gasteiger partial charge in [0.05, 0.1) is 11.9 Å². The summed E-state index contributed by atoms with van der Waals surface area (Å²) in [5.41, 5.74) is 1.18. The number of likely N-dealkylation sites (N-methyl/N-ethyl adjacent to an activating group) is 2. The van der Waals surface area contributed by atoms with Crippen molar-refractivity contribution >= 4 is 5.91 Å². The maximum Gasteiger partial charge on any atom is 0.275 e. The number of hydrogen-bond donors (Lipinski definition) is 1. The van der Waals surface area contributed by atoms with Crippen LogP contribution in [0.25, 0.3) is 5.69 Å². The maximum absolute atomic E-state index is 12.1. The Bertz CT molecular complexity index is 537. The molecule has 0 fully saturated rings. The molecule has 2 aromatic rings. The van der Waals surface area contributed by atoms with E-state index in [0.29, 0.717) is 12.2 Å². The lowest BCUT2D eigenvalue weighted by atomic mass is 10.3. The van der Waals surface area contributed by atoms with E-state index in [0.717, 1.165) is 12.2 Å². The summed E-state index contributed by atoms with van der Waals surface area (Å²) in [5.74, 6) is -0.127. The highest BCUT2D eigenvalue weighted by molar-refractivity contribution is 5.91. The smallest absolute Gasteiger partial charge is 0.275 e. The third-order valence-electron chi connectivity index (χ3n) is 2.74. The van der Waals surface area contributed by atoms with Crippen molar-refractivity contribution in [2.75, 3.05) is 27.2 Å². The minimum absolute atomic E-state index is 0.127. The van der Waals surface area contributed by atoms with Crippen LogP contribution in [0.15, 0.2) is 36.5 Å². The fraction of sp³-hybridized carbons (Fsp3) is 0.308. The number of carbonyl (C=O) groups is 1. The molecule has 1 aromatic heterocycles. The van der Waals surface area contributed by atoms with Crippen LogP contribution in [0.2, 0.25) is 0 Å². The summed E-state index contributed by atoms with van der Waals surface area (Å²) in [6.07, 6.45) is 1.49. The van der Waals surface area contributed by atoms with E-state index in [2.05, 4.69) is 15.5 Å². The molecule has 0 spiro atoms. The fourth-order valence-electron chi connectivity index (χ4n) is 1.62. The van der Waals surface area contributed by atoms with E-state index in [1.807, 2.05) is 37.4 Å². The van der Waals surface area contributed by atoms with E-state index >= 15 is 0 Å². The van der Waals surface area contributed by atoms with Crippen LogP contribution in [0, 0.1) is 0 Å². The van der Waals surface area contributed by atoms with Crippen LogP contribution in [0.1, 0.15) is 10.5 Å². The van der Waals surface area contributed by atoms with E-state index in [1.54, 1.807) is 11.9 Å². The van der Waals surface area contributed by atoms with Crippen molar-refractivity contribution in [2.45, 2.75) is 0 Å². The molecule has 0 radical (unpaired) electrons. The summed E-state index contributed by atoms with van der Waals surface area (Å²) in [7, 11) is 3.60. The molecular formula is C13H17N5O. The Morgan fingerprint density at radius 2 is 2.11 bits per heavy atom. The standard InChI is InChI=1S/C13H17N5O/c1-14-8-9-17(2)13(19)12-10-15-18(16-12)11-6-4-3-5-7-11/h3-7,10,14H,8-9H2,1-2H3. The Labute approximate surface area is 112 Å². The molecule has 0 saturated heterocycles. The highest BCUT2D eigenvalue weighted by Gasteiger charge is 2.15. The molecule has 1 heterocycles. The second-order valence-corrected chi connectivity index (χ2v) is 4.19. The molecule has 6 heteroatoms. The molecule has 1 N–H and O–H groups in total. The zero-order chi connectivity index (χ0) is 13.7. The predicted molar refractivity (Wildman–Crippen MR) is 72.2 cm³/mol. The molecule has 0 unspecified atom stereocenters. The van der Waals surface area contributed by atoms with Gasteiger partial charge in [-0.05, 0) is 19.2 Å². The zero-order valence-corrected chi connectivity index (χ0v) is 11.1. The Morgan fingerprint density at radius 1 is 1.37 bits per heavy atom. The van der Waals surface area contributed by atoms with Crippen LogP contribution >= 0.6 is 0 Å². The Hall–Kier alpha value is -2.21. The fourth-order valence-corrected chi connectivity index (χ4v) is 1.62. The average molecular weight is 259 g/mol. The number of nitrogens with zero attached hydrogens (tertiary/aromatic N) is 4. The van der Waals surface area contributed by atoms with Crippen molar-refractivity contribution in [1.82, 2.24) is 25.2 Å². The Balaban J connectivity index is 2.11. The second kappa shape index (κ2) is 6.10. The number of carbonyl (C=O) groups excluding carboxylic acids is 1. The molecule has 1 aromatic carbocycles. The molecule has 2 rings (SSSR count). The van der Waals surface area contributed by atoms with Crippen molar-refractivity contribution < 1.29 is 4.79 Å². The van der Waals surface area contributed by atoms with Gasteiger partial charge < -0.3 is 10.2 Å². The van der Waals surface area contributed by atoms with Crippen LogP contribution < -0.4 is 5.32 Å². The number of hydrogen-bond acceptors (Lipinski definition) is 4. The van der Waals surface area contributed by atoms with Gasteiger partial charge >= 0.3 is 0 Å². The number of benzene rings is 1. The second-order valence-electron chi connectivity index (χ2n) is 4.19. The predicted octanol–water partition coefficient (Wildman–Crippen LogP) is 0.559. The van der Waals surface area contributed by atoms with E-state index < -0.39 is 0 Å². The van der Waals surface area contributed by atoms with Gasteiger partial charge in [0.2, 0.25) is 0 Å². The topological polar surface area (TPSA) is 63.1 Å². The van der Waals surface area contributed by atoms with Gasteiger partial charge in [0.1, 0.15) is 0 Å². The first-order valence-corrected chi connectivity index (χ1v) is 6.10. The van der Waals surface area contributed by atoms with Gasteiger partial charge in [0.25, 0.3) is 5.91 Å². The first-order chi connectivity index (χ1) is 9.22. The Morgan fingerprint density at radius 3 is 2.79 bits per heavy atom. The van der Waals surface area contributed by atoms with Crippen molar-refractivity contribution in [3.8, 4) is 5.69 Å². The molecule has 0 aliphatic carbocycles. The third kappa shape index (κ3) is 3.17. The van der Waals surface area contributed by atoms with Crippen molar-refractivity contribution in [2.24, 2.45) is 0 Å². The summed E-state index contributed by atoms with van der Waals surface area (Å²) in [4.78, 5) is 15.2. The summed E-state index contributed by atoms with van der Waals surface area (Å²) in [5, 5.41) is 11.3. The lowest BCUT2D eigenvalue weighted by Crippen LogP contribution is -2.33. The first-order valence-electron chi connectivity index (χ1n) is 6.10. The van der Waals surface area contributed by atoms with Gasteiger partial charge in [-0.2, -0.15) is 9.90 Å². The average Bonchev–Trinajstić information content (AvgIpc) is 2.94. The largest absolute Gasteiger partial charge is 0.339 e. The van der Waals surface area contributed by atoms with Crippen LogP contribution in [-0.4, -0.2) is 53.0 Å². The summed E-state index contributed by atoms with van der Waals surface area (Å²) in [6.45, 7) is 1.38. The molecule has 0 bridgehead atoms. The van der Waals surface area contributed by atoms with Gasteiger partial charge in [-0.3, -0.25) is 4.79 Å². The number of aromatic nitrogens is 3. The molecular weight excluding hydrogens is 242 g/mol. The molecule has 0 aliphatic heterocycles. The highest BCUT2D eigenvalue weighted by Crippen LogP contribution is 2.05. The van der Waals surface area contributed by atoms with E-state index in [1.165, 1.54) is 11.0 Å². The molecule has 0 atom stereocenters. The maximum atomic E-state index is 12.1. The third-order valence-corrected chi connectivity index (χ3v) is 2.74. The normalized spacial score (nSPS) is 10.4. The van der Waals surface area contributed by atoms with E-state index in [-0.39, 0.29) is 5.91 Å². The molecule has 6 nitrogen and oxygen atoms in total. The molecule has 19 heavy (non-hydrogen) atoms. The summed E-state index contributed by atoms with van der Waals surface area (Å²) in [6, 6.07) is 9.50. The van der Waals surface area contributed by atoms with Gasteiger partial charge in [-0.25, -0.2) is 0 Å². The molecule has 100 valence electrons. The van der Waals surface area contributed by atoms with Crippen LogP contribution in [0.4, 0.5) is 0 Å². The van der Waals surface area contributed by atoms with Crippen molar-refractivity contribution in [3.05, 3.63) is 42.2 Å². The van der Waals surface area contributed by atoms with Gasteiger partial charge in [-0.15, -0.1) is 5.10 Å². The van der Waals surface area contributed by atoms with Gasteiger partial charge in [0, 0.05) is 20.1 Å². The quantitative estimate of drug-likeness (QED) is 0.852. The SMILES string of the molecule is CNCCN(C)C(=O)c1cnn(-c2ccccc2)n1. The number of nitrogens with one attached hydrogen (secondary N) is 1. The minimum atomic E-state index is -0.127. The molecule has 1 amide bonds. The molecule has 0 aliphatic rings. The van der Waals surface area contributed by atoms with Gasteiger partial charge in [-0.1, -0.05) is 18.2 Å². The minimum Gasteiger partial charge on any atom is -0.339 e. The highest BCUT2D eigenvalue weighted by atomic mass is 16.2. The van der Waals surface area contributed by atoms with Gasteiger partial charge in [0.15, 0.2) is 5.69 Å². The zero-order valence-electron chi connectivity index (χ0n) is 11.1. The first kappa shape index (κ1) is 13.2. The van der Waals surface area contributed by atoms with E-state index in [4.69, 9.17) is 0 Å². The Kier molecular flexibility index (Phi) is 4.25. The van der Waals surface area contributed by atoms with Crippen LogP contribution in [0.5, 0.6) is 0 Å². The number of para-hydroxylation sites is 1. The summed E-state index contributed by atoms with van der Waals surface area (Å²) < 4.78 is 0. The molecule has 0 saturated carbocycles. The number of rotatable bonds is 5. The van der Waals surface area contributed by atoms with Crippen molar-refractivity contribution in [3.63, 3.8) is 0 Å². The van der Waals surface area contributed by atoms with Crippen LogP contribution in [-0.2, 0) is 0 Å².